The van der Waals surface area contributed by atoms with E-state index < -0.39 is 0 Å². The Bertz CT molecular complexity index is 1110. The molecule has 0 aliphatic carbocycles. The van der Waals surface area contributed by atoms with Crippen LogP contribution in [0, 0.1) is 0 Å². The van der Waals surface area contributed by atoms with Crippen LogP contribution in [0.3, 0.4) is 0 Å². The second-order valence-corrected chi connectivity index (χ2v) is 7.08. The molecular weight excluding hydrogens is 380 g/mol. The van der Waals surface area contributed by atoms with Crippen molar-refractivity contribution >= 4 is 17.5 Å². The second kappa shape index (κ2) is 8.32. The fourth-order valence-electron chi connectivity index (χ4n) is 3.59. The molecule has 7 nitrogen and oxygen atoms in total. The number of aromatic nitrogens is 2. The normalized spacial score (nSPS) is 15.4. The van der Waals surface area contributed by atoms with Crippen molar-refractivity contribution in [3.05, 3.63) is 89.7 Å². The molecule has 1 aliphatic rings. The third-order valence-corrected chi connectivity index (χ3v) is 5.14. The minimum atomic E-state index is -0.355. The summed E-state index contributed by atoms with van der Waals surface area (Å²) in [7, 11) is 0. The van der Waals surface area contributed by atoms with E-state index in [4.69, 9.17) is 4.42 Å². The molecule has 1 aromatic heterocycles. The number of aryl methyl sites for hydroxylation is 1. The predicted molar refractivity (Wildman–Crippen MR) is 112 cm³/mol. The van der Waals surface area contributed by atoms with Crippen molar-refractivity contribution in [3.63, 3.8) is 0 Å². The molecule has 1 atom stereocenters. The molecule has 0 bridgehead atoms. The van der Waals surface area contributed by atoms with Crippen LogP contribution in [-0.4, -0.2) is 26.9 Å². The van der Waals surface area contributed by atoms with Gasteiger partial charge in [0.15, 0.2) is 0 Å². The summed E-state index contributed by atoms with van der Waals surface area (Å²) < 4.78 is 5.81. The van der Waals surface area contributed by atoms with Crippen LogP contribution in [0.15, 0.2) is 65.6 Å². The van der Waals surface area contributed by atoms with Crippen molar-refractivity contribution < 1.29 is 14.0 Å². The summed E-state index contributed by atoms with van der Waals surface area (Å²) in [5, 5.41) is 11.0. The Hall–Kier alpha value is -3.74. The maximum absolute atomic E-state index is 13.5. The molecule has 0 fully saturated rings. The summed E-state index contributed by atoms with van der Waals surface area (Å²) in [6.07, 6.45) is 2.42. The van der Waals surface area contributed by atoms with E-state index >= 15 is 0 Å². The van der Waals surface area contributed by atoms with E-state index in [2.05, 4.69) is 28.2 Å². The quantitative estimate of drug-likeness (QED) is 0.658. The predicted octanol–water partition coefficient (Wildman–Crippen LogP) is 3.70. The molecule has 2 aromatic carbocycles. The Balaban J connectivity index is 1.69. The van der Waals surface area contributed by atoms with Crippen LogP contribution in [0.4, 0.5) is 5.69 Å². The second-order valence-electron chi connectivity index (χ2n) is 7.08. The van der Waals surface area contributed by atoms with Gasteiger partial charge in [-0.15, -0.1) is 10.2 Å². The lowest BCUT2D eigenvalue weighted by Gasteiger charge is -2.35. The highest BCUT2D eigenvalue weighted by Gasteiger charge is 2.34. The van der Waals surface area contributed by atoms with Gasteiger partial charge < -0.3 is 14.6 Å². The van der Waals surface area contributed by atoms with Gasteiger partial charge in [-0.2, -0.15) is 0 Å². The Morgan fingerprint density at radius 1 is 1.20 bits per heavy atom. The van der Waals surface area contributed by atoms with Gasteiger partial charge >= 0.3 is 0 Å². The number of nitrogens with zero attached hydrogens (tertiary/aromatic N) is 3. The lowest BCUT2D eigenvalue weighted by molar-refractivity contribution is -0.111. The first-order valence-electron chi connectivity index (χ1n) is 9.82. The third kappa shape index (κ3) is 3.87. The molecule has 30 heavy (non-hydrogen) atoms. The van der Waals surface area contributed by atoms with Gasteiger partial charge in [0.1, 0.15) is 6.04 Å². The first-order valence-corrected chi connectivity index (χ1v) is 9.82. The van der Waals surface area contributed by atoms with Crippen molar-refractivity contribution in [1.82, 2.24) is 15.1 Å². The van der Waals surface area contributed by atoms with Gasteiger partial charge in [0.05, 0.1) is 0 Å². The van der Waals surface area contributed by atoms with Gasteiger partial charge in [-0.05, 0) is 35.4 Å². The summed E-state index contributed by atoms with van der Waals surface area (Å²) in [6.45, 7) is 5.83. The molecule has 1 N–H and O–H groups in total. The van der Waals surface area contributed by atoms with E-state index in [-0.39, 0.29) is 17.9 Å². The van der Waals surface area contributed by atoms with E-state index in [1.54, 1.807) is 29.2 Å². The SMILES string of the molecule is C=CC(=O)Nc1cccc(C(=O)N2Cc3ccccc3CC2c2nnc(CC)o2)c1. The minimum absolute atomic E-state index is 0.166. The van der Waals surface area contributed by atoms with Gasteiger partial charge in [0.2, 0.25) is 17.7 Å². The van der Waals surface area contributed by atoms with Crippen LogP contribution in [0.25, 0.3) is 0 Å². The molecule has 1 unspecified atom stereocenters. The topological polar surface area (TPSA) is 88.3 Å². The molecule has 1 aliphatic heterocycles. The maximum Gasteiger partial charge on any atom is 0.254 e. The Kier molecular flexibility index (Phi) is 5.43. The number of carbonyl (C=O) groups is 2. The smallest absolute Gasteiger partial charge is 0.254 e. The number of hydrogen-bond acceptors (Lipinski definition) is 5. The van der Waals surface area contributed by atoms with Gasteiger partial charge in [-0.3, -0.25) is 9.59 Å². The number of benzene rings is 2. The molecule has 0 spiro atoms. The monoisotopic (exact) mass is 402 g/mol. The number of amides is 2. The number of rotatable bonds is 5. The van der Waals surface area contributed by atoms with Crippen LogP contribution in [0.2, 0.25) is 0 Å². The van der Waals surface area contributed by atoms with Gasteiger partial charge in [-0.25, -0.2) is 0 Å². The van der Waals surface area contributed by atoms with Gasteiger partial charge in [0, 0.05) is 30.6 Å². The molecule has 152 valence electrons. The van der Waals surface area contributed by atoms with Crippen LogP contribution in [0.1, 0.15) is 46.2 Å². The van der Waals surface area contributed by atoms with E-state index in [9.17, 15) is 9.59 Å². The number of carbonyl (C=O) groups excluding carboxylic acids is 2. The zero-order valence-corrected chi connectivity index (χ0v) is 16.7. The largest absolute Gasteiger partial charge is 0.423 e. The summed E-state index contributed by atoms with van der Waals surface area (Å²) >= 11 is 0. The Morgan fingerprint density at radius 2 is 2.00 bits per heavy atom. The first-order chi connectivity index (χ1) is 14.6. The van der Waals surface area contributed by atoms with Crippen LogP contribution in [-0.2, 0) is 24.2 Å². The average molecular weight is 402 g/mol. The molecule has 3 aromatic rings. The fraction of sp³-hybridized carbons (Fsp3) is 0.217. The number of nitrogens with one attached hydrogen (secondary N) is 1. The summed E-state index contributed by atoms with van der Waals surface area (Å²) in [4.78, 5) is 26.9. The fourth-order valence-corrected chi connectivity index (χ4v) is 3.59. The molecule has 0 saturated heterocycles. The lowest BCUT2D eigenvalue weighted by Crippen LogP contribution is -2.39. The highest BCUT2D eigenvalue weighted by molar-refractivity contribution is 6.01. The van der Waals surface area contributed by atoms with E-state index in [0.717, 1.165) is 11.1 Å². The van der Waals surface area contributed by atoms with E-state index in [1.165, 1.54) is 6.08 Å². The summed E-state index contributed by atoms with van der Waals surface area (Å²) in [5.41, 5.74) is 3.26. The van der Waals surface area contributed by atoms with E-state index in [1.807, 2.05) is 25.1 Å². The van der Waals surface area contributed by atoms with Crippen molar-refractivity contribution in [2.24, 2.45) is 0 Å². The number of hydrogen-bond donors (Lipinski definition) is 1. The Labute approximate surface area is 174 Å². The first kappa shape index (κ1) is 19.6. The van der Waals surface area contributed by atoms with Crippen molar-refractivity contribution in [2.45, 2.75) is 32.4 Å². The average Bonchev–Trinajstić information content (AvgIpc) is 3.27. The van der Waals surface area contributed by atoms with Crippen molar-refractivity contribution in [3.8, 4) is 0 Å². The zero-order chi connectivity index (χ0) is 21.1. The number of anilines is 1. The summed E-state index contributed by atoms with van der Waals surface area (Å²) in [5.74, 6) is 0.485. The molecule has 4 rings (SSSR count). The minimum Gasteiger partial charge on any atom is -0.423 e. The Morgan fingerprint density at radius 3 is 2.73 bits per heavy atom. The standard InChI is InChI=1S/C23H22N4O3/c1-3-20(28)24-18-11-7-10-16(12-18)23(29)27-14-17-9-6-5-8-15(17)13-19(27)22-26-25-21(4-2)30-22/h3,5-12,19H,1,4,13-14H2,2H3,(H,24,28). The highest BCUT2D eigenvalue weighted by Crippen LogP contribution is 2.34. The number of fused-ring (bicyclic) bond motifs is 1. The molecule has 0 radical (unpaired) electrons. The molecule has 2 heterocycles. The van der Waals surface area contributed by atoms with Gasteiger partial charge in [-0.1, -0.05) is 43.8 Å². The van der Waals surface area contributed by atoms with Gasteiger partial charge in [0.25, 0.3) is 5.91 Å². The molecule has 2 amide bonds. The van der Waals surface area contributed by atoms with Crippen molar-refractivity contribution in [2.75, 3.05) is 5.32 Å². The molecule has 0 saturated carbocycles. The highest BCUT2D eigenvalue weighted by atomic mass is 16.4. The van der Waals surface area contributed by atoms with Crippen LogP contribution < -0.4 is 5.32 Å². The zero-order valence-electron chi connectivity index (χ0n) is 16.7. The van der Waals surface area contributed by atoms with Crippen LogP contribution in [0.5, 0.6) is 0 Å². The maximum atomic E-state index is 13.5. The van der Waals surface area contributed by atoms with Crippen molar-refractivity contribution in [1.29, 1.82) is 0 Å². The lowest BCUT2D eigenvalue weighted by atomic mass is 9.93. The molecule has 7 heteroatoms. The van der Waals surface area contributed by atoms with E-state index in [0.29, 0.717) is 42.4 Å². The third-order valence-electron chi connectivity index (χ3n) is 5.14. The van der Waals surface area contributed by atoms with Crippen LogP contribution >= 0.6 is 0 Å². The molecular formula is C23H22N4O3. The summed E-state index contributed by atoms with van der Waals surface area (Å²) in [6, 6.07) is 14.5.